The van der Waals surface area contributed by atoms with Gasteiger partial charge in [-0.3, -0.25) is 4.79 Å². The fraction of sp³-hybridized carbons (Fsp3) is 0.857. The summed E-state index contributed by atoms with van der Waals surface area (Å²) in [7, 11) is 1.89. The highest BCUT2D eigenvalue weighted by molar-refractivity contribution is 5.84. The zero-order valence-corrected chi connectivity index (χ0v) is 12.0. The van der Waals surface area contributed by atoms with Gasteiger partial charge in [0.05, 0.1) is 0 Å². The molecule has 3 N–H and O–H groups in total. The summed E-state index contributed by atoms with van der Waals surface area (Å²) in [6, 6.07) is -0.755. The summed E-state index contributed by atoms with van der Waals surface area (Å²) in [5, 5.41) is 15.0. The molecule has 0 spiro atoms. The molecule has 0 aliphatic heterocycles. The maximum Gasteiger partial charge on any atom is 0.326 e. The van der Waals surface area contributed by atoms with Crippen LogP contribution in [0.5, 0.6) is 0 Å². The van der Waals surface area contributed by atoms with Crippen molar-refractivity contribution in [1.82, 2.24) is 10.6 Å². The van der Waals surface area contributed by atoms with Crippen molar-refractivity contribution in [1.29, 1.82) is 0 Å². The van der Waals surface area contributed by atoms with Crippen molar-refractivity contribution in [3.8, 4) is 0 Å². The molecule has 1 fully saturated rings. The van der Waals surface area contributed by atoms with Crippen LogP contribution >= 0.6 is 0 Å². The van der Waals surface area contributed by atoms with Gasteiger partial charge in [0.2, 0.25) is 5.91 Å². The van der Waals surface area contributed by atoms with E-state index in [1.807, 2.05) is 14.0 Å². The van der Waals surface area contributed by atoms with E-state index in [1.54, 1.807) is 0 Å². The van der Waals surface area contributed by atoms with Crippen LogP contribution in [0.3, 0.4) is 0 Å². The van der Waals surface area contributed by atoms with Gasteiger partial charge >= 0.3 is 5.97 Å². The van der Waals surface area contributed by atoms with E-state index in [1.165, 1.54) is 6.42 Å². The second-order valence-corrected chi connectivity index (χ2v) is 5.51. The lowest BCUT2D eigenvalue weighted by atomic mass is 9.79. The van der Waals surface area contributed by atoms with Crippen molar-refractivity contribution in [2.75, 3.05) is 7.05 Å². The smallest absolute Gasteiger partial charge is 0.326 e. The molecular weight excluding hydrogens is 244 g/mol. The largest absolute Gasteiger partial charge is 0.480 e. The van der Waals surface area contributed by atoms with Gasteiger partial charge in [-0.1, -0.05) is 32.6 Å². The van der Waals surface area contributed by atoms with Crippen LogP contribution in [0, 0.1) is 0 Å². The van der Waals surface area contributed by atoms with Gasteiger partial charge in [0.15, 0.2) is 0 Å². The van der Waals surface area contributed by atoms with Crippen LogP contribution in [-0.2, 0) is 9.59 Å². The molecule has 1 saturated carbocycles. The molecule has 0 radical (unpaired) electrons. The number of carboxylic acid groups (broad SMARTS) is 1. The summed E-state index contributed by atoms with van der Waals surface area (Å²) in [6.07, 6.45) is 7.05. The van der Waals surface area contributed by atoms with Crippen LogP contribution in [0.2, 0.25) is 0 Å². The lowest BCUT2D eigenvalue weighted by molar-refractivity contribution is -0.142. The number of carbonyl (C=O) groups is 2. The van der Waals surface area contributed by atoms with Gasteiger partial charge < -0.3 is 15.7 Å². The molecule has 1 atom stereocenters. The van der Waals surface area contributed by atoms with Gasteiger partial charge in [-0.2, -0.15) is 0 Å². The van der Waals surface area contributed by atoms with Gasteiger partial charge in [0.1, 0.15) is 6.04 Å². The van der Waals surface area contributed by atoms with Crippen molar-refractivity contribution in [3.05, 3.63) is 0 Å². The minimum absolute atomic E-state index is 0.141. The Hall–Kier alpha value is -1.10. The van der Waals surface area contributed by atoms with Crippen molar-refractivity contribution >= 4 is 11.9 Å². The molecule has 19 heavy (non-hydrogen) atoms. The number of nitrogens with one attached hydrogen (secondary N) is 2. The maximum absolute atomic E-state index is 12.1. The normalized spacial score (nSPS) is 19.7. The minimum atomic E-state index is -0.947. The Morgan fingerprint density at radius 3 is 2.37 bits per heavy atom. The SMILES string of the molecule is CCCC(NC(=O)CC1(NC)CCCCC1)C(=O)O. The van der Waals surface area contributed by atoms with E-state index in [0.29, 0.717) is 12.8 Å². The molecule has 0 heterocycles. The van der Waals surface area contributed by atoms with Gasteiger partial charge in [0, 0.05) is 12.0 Å². The average molecular weight is 270 g/mol. The fourth-order valence-electron chi connectivity index (χ4n) is 2.84. The first kappa shape index (κ1) is 16.0. The zero-order chi connectivity index (χ0) is 14.3. The van der Waals surface area contributed by atoms with Crippen molar-refractivity contribution in [3.63, 3.8) is 0 Å². The van der Waals surface area contributed by atoms with E-state index in [-0.39, 0.29) is 11.4 Å². The quantitative estimate of drug-likeness (QED) is 0.657. The van der Waals surface area contributed by atoms with E-state index in [9.17, 15) is 9.59 Å². The first-order valence-electron chi connectivity index (χ1n) is 7.24. The summed E-state index contributed by atoms with van der Waals surface area (Å²) in [5.41, 5.74) is -0.141. The molecule has 1 aliphatic rings. The van der Waals surface area contributed by atoms with Gasteiger partial charge in [-0.25, -0.2) is 4.79 Å². The van der Waals surface area contributed by atoms with Crippen molar-refractivity contribution < 1.29 is 14.7 Å². The lowest BCUT2D eigenvalue weighted by Crippen LogP contribution is -2.50. The Kier molecular flexibility index (Phi) is 6.28. The molecule has 1 unspecified atom stereocenters. The number of hydrogen-bond donors (Lipinski definition) is 3. The second kappa shape index (κ2) is 7.48. The number of hydrogen-bond acceptors (Lipinski definition) is 3. The minimum Gasteiger partial charge on any atom is -0.480 e. The van der Waals surface area contributed by atoms with Crippen LogP contribution in [0.15, 0.2) is 0 Å². The van der Waals surface area contributed by atoms with E-state index in [4.69, 9.17) is 5.11 Å². The van der Waals surface area contributed by atoms with Gasteiger partial charge in [-0.05, 0) is 26.3 Å². The monoisotopic (exact) mass is 270 g/mol. The van der Waals surface area contributed by atoms with E-state index >= 15 is 0 Å². The maximum atomic E-state index is 12.1. The molecule has 0 saturated heterocycles. The summed E-state index contributed by atoms with van der Waals surface area (Å²) in [5.74, 6) is -1.10. The van der Waals surface area contributed by atoms with Gasteiger partial charge in [-0.15, -0.1) is 0 Å². The third kappa shape index (κ3) is 4.82. The van der Waals surface area contributed by atoms with E-state index in [2.05, 4.69) is 10.6 Å². The molecule has 1 rings (SSSR count). The third-order valence-corrected chi connectivity index (χ3v) is 4.05. The number of aliphatic carboxylic acids is 1. The molecule has 110 valence electrons. The highest BCUT2D eigenvalue weighted by atomic mass is 16.4. The molecule has 1 amide bonds. The van der Waals surface area contributed by atoms with E-state index in [0.717, 1.165) is 32.1 Å². The number of carbonyl (C=O) groups excluding carboxylic acids is 1. The predicted molar refractivity (Wildman–Crippen MR) is 74.0 cm³/mol. The Labute approximate surface area is 115 Å². The van der Waals surface area contributed by atoms with Crippen molar-refractivity contribution in [2.24, 2.45) is 0 Å². The van der Waals surface area contributed by atoms with E-state index < -0.39 is 12.0 Å². The van der Waals surface area contributed by atoms with Crippen LogP contribution in [0.25, 0.3) is 0 Å². The van der Waals surface area contributed by atoms with Crippen molar-refractivity contribution in [2.45, 2.75) is 69.9 Å². The highest BCUT2D eigenvalue weighted by Gasteiger charge is 2.33. The molecule has 5 heteroatoms. The van der Waals surface area contributed by atoms with Gasteiger partial charge in [0.25, 0.3) is 0 Å². The zero-order valence-electron chi connectivity index (χ0n) is 12.0. The molecule has 0 aromatic heterocycles. The average Bonchev–Trinajstić information content (AvgIpc) is 2.39. The number of carboxylic acids is 1. The highest BCUT2D eigenvalue weighted by Crippen LogP contribution is 2.30. The lowest BCUT2D eigenvalue weighted by Gasteiger charge is -2.36. The van der Waals surface area contributed by atoms with Crippen LogP contribution in [0.1, 0.15) is 58.3 Å². The standard InChI is InChI=1S/C14H26N2O3/c1-3-7-11(13(18)19)16-12(17)10-14(15-2)8-5-4-6-9-14/h11,15H,3-10H2,1-2H3,(H,16,17)(H,18,19). The number of amides is 1. The fourth-order valence-corrected chi connectivity index (χ4v) is 2.84. The van der Waals surface area contributed by atoms with Crippen LogP contribution < -0.4 is 10.6 Å². The Morgan fingerprint density at radius 2 is 1.89 bits per heavy atom. The molecule has 5 nitrogen and oxygen atoms in total. The summed E-state index contributed by atoms with van der Waals surface area (Å²) in [4.78, 5) is 23.1. The molecular formula is C14H26N2O3. The third-order valence-electron chi connectivity index (χ3n) is 4.05. The predicted octanol–water partition coefficient (Wildman–Crippen LogP) is 1.67. The first-order chi connectivity index (χ1) is 9.03. The summed E-state index contributed by atoms with van der Waals surface area (Å²) < 4.78 is 0. The Morgan fingerprint density at radius 1 is 1.26 bits per heavy atom. The topological polar surface area (TPSA) is 78.4 Å². The summed E-state index contributed by atoms with van der Waals surface area (Å²) in [6.45, 7) is 1.92. The van der Waals surface area contributed by atoms with Crippen LogP contribution in [-0.4, -0.2) is 35.6 Å². The number of rotatable bonds is 7. The molecule has 1 aliphatic carbocycles. The first-order valence-corrected chi connectivity index (χ1v) is 7.24. The molecule has 0 aromatic carbocycles. The second-order valence-electron chi connectivity index (χ2n) is 5.51. The Bertz CT molecular complexity index is 312. The Balaban J connectivity index is 2.54. The molecule has 0 aromatic rings. The van der Waals surface area contributed by atoms with Crippen LogP contribution in [0.4, 0.5) is 0 Å². The summed E-state index contributed by atoms with van der Waals surface area (Å²) >= 11 is 0. The molecule has 0 bridgehead atoms.